The van der Waals surface area contributed by atoms with Crippen LogP contribution >= 0.6 is 0 Å². The van der Waals surface area contributed by atoms with E-state index in [1.807, 2.05) is 0 Å². The molecule has 0 radical (unpaired) electrons. The van der Waals surface area contributed by atoms with Crippen LogP contribution in [0.1, 0.15) is 27.7 Å². The van der Waals surface area contributed by atoms with Crippen molar-refractivity contribution in [2.45, 2.75) is 58.3 Å². The minimum Gasteiger partial charge on any atom is -0.463 e. The van der Waals surface area contributed by atoms with E-state index in [1.165, 1.54) is 13.8 Å². The monoisotopic (exact) mass is 346 g/mol. The van der Waals surface area contributed by atoms with Gasteiger partial charge in [0.25, 0.3) is 0 Å². The molecule has 1 amide bonds. The number of nitrogens with one attached hydrogen (secondary N) is 1. The molecule has 1 aliphatic rings. The molecule has 0 aromatic heterocycles. The van der Waals surface area contributed by atoms with E-state index in [9.17, 15) is 19.2 Å². The molecular weight excluding hydrogens is 324 g/mol. The van der Waals surface area contributed by atoms with Crippen molar-refractivity contribution in [1.82, 2.24) is 5.32 Å². The third-order valence-electron chi connectivity index (χ3n) is 3.15. The van der Waals surface area contributed by atoms with E-state index in [1.54, 1.807) is 0 Å². The zero-order valence-corrected chi connectivity index (χ0v) is 13.9. The number of rotatable bonds is 5. The number of nitrogens with two attached hydrogens (primary N) is 1. The first-order valence-corrected chi connectivity index (χ1v) is 7.27. The van der Waals surface area contributed by atoms with Crippen LogP contribution in [0.3, 0.4) is 0 Å². The highest BCUT2D eigenvalue weighted by atomic mass is 16.6. The van der Waals surface area contributed by atoms with Crippen molar-refractivity contribution in [3.63, 3.8) is 0 Å². The van der Waals surface area contributed by atoms with Crippen LogP contribution in [0.15, 0.2) is 0 Å². The molecule has 0 aromatic carbocycles. The predicted molar refractivity (Wildman–Crippen MR) is 78.2 cm³/mol. The zero-order chi connectivity index (χ0) is 18.4. The van der Waals surface area contributed by atoms with Gasteiger partial charge in [-0.2, -0.15) is 0 Å². The molecule has 3 N–H and O–H groups in total. The minimum absolute atomic E-state index is 0.258. The van der Waals surface area contributed by atoms with Crippen LogP contribution in [0.4, 0.5) is 0 Å². The normalized spacial score (nSPS) is 29.3. The van der Waals surface area contributed by atoms with Gasteiger partial charge in [-0.05, 0) is 0 Å². The van der Waals surface area contributed by atoms with Crippen molar-refractivity contribution in [1.29, 1.82) is 0 Å². The van der Waals surface area contributed by atoms with Gasteiger partial charge in [0.1, 0.15) is 25.0 Å². The van der Waals surface area contributed by atoms with Gasteiger partial charge in [0, 0.05) is 27.7 Å². The summed E-state index contributed by atoms with van der Waals surface area (Å²) >= 11 is 0. The second kappa shape index (κ2) is 8.60. The van der Waals surface area contributed by atoms with E-state index in [2.05, 4.69) is 5.32 Å². The molecule has 24 heavy (non-hydrogen) atoms. The standard InChI is InChI=1S/C14H22N2O8/c1-6(17)16-11-13(23-9(4)20)12(22-8(3)19)10(24-14(11)15)5-21-7(2)18/h10-14H,5,15H2,1-4H3,(H,16,17)/t10-,11+,12+,13-,14?/m1/s1. The van der Waals surface area contributed by atoms with Gasteiger partial charge in [0.2, 0.25) is 5.91 Å². The maximum atomic E-state index is 11.4. The fourth-order valence-corrected chi connectivity index (χ4v) is 2.37. The van der Waals surface area contributed by atoms with Crippen molar-refractivity contribution in [3.8, 4) is 0 Å². The lowest BCUT2D eigenvalue weighted by Crippen LogP contribution is -2.68. The molecule has 1 heterocycles. The van der Waals surface area contributed by atoms with Gasteiger partial charge < -0.3 is 30.0 Å². The second-order valence-corrected chi connectivity index (χ2v) is 5.32. The molecule has 5 atom stereocenters. The molecule has 1 unspecified atom stereocenters. The van der Waals surface area contributed by atoms with E-state index in [0.717, 1.165) is 13.8 Å². The molecule has 1 rings (SSSR count). The topological polar surface area (TPSA) is 143 Å². The minimum atomic E-state index is -1.11. The summed E-state index contributed by atoms with van der Waals surface area (Å²) in [7, 11) is 0. The van der Waals surface area contributed by atoms with Crippen molar-refractivity contribution in [2.75, 3.05) is 6.61 Å². The maximum Gasteiger partial charge on any atom is 0.303 e. The highest BCUT2D eigenvalue weighted by molar-refractivity contribution is 5.73. The van der Waals surface area contributed by atoms with Crippen LogP contribution in [0.25, 0.3) is 0 Å². The quantitative estimate of drug-likeness (QED) is 0.454. The van der Waals surface area contributed by atoms with Gasteiger partial charge in [0.05, 0.1) is 0 Å². The maximum absolute atomic E-state index is 11.4. The van der Waals surface area contributed by atoms with Crippen LogP contribution in [0.5, 0.6) is 0 Å². The number of amides is 1. The molecule has 1 fully saturated rings. The third-order valence-corrected chi connectivity index (χ3v) is 3.15. The van der Waals surface area contributed by atoms with E-state index >= 15 is 0 Å². The average Bonchev–Trinajstić information content (AvgIpc) is 2.42. The Balaban J connectivity index is 3.11. The summed E-state index contributed by atoms with van der Waals surface area (Å²) in [5.74, 6) is -2.32. The summed E-state index contributed by atoms with van der Waals surface area (Å²) in [6.45, 7) is 4.52. The molecule has 136 valence electrons. The molecule has 0 aromatic rings. The van der Waals surface area contributed by atoms with Crippen LogP contribution in [-0.4, -0.2) is 61.0 Å². The highest BCUT2D eigenvalue weighted by Gasteiger charge is 2.49. The van der Waals surface area contributed by atoms with Gasteiger partial charge in [-0.1, -0.05) is 0 Å². The Morgan fingerprint density at radius 1 is 0.958 bits per heavy atom. The number of carbonyl (C=O) groups is 4. The predicted octanol–water partition coefficient (Wildman–Crippen LogP) is -1.40. The molecule has 10 nitrogen and oxygen atoms in total. The molecular formula is C14H22N2O8. The Kier molecular flexibility index (Phi) is 7.11. The highest BCUT2D eigenvalue weighted by Crippen LogP contribution is 2.25. The van der Waals surface area contributed by atoms with Gasteiger partial charge >= 0.3 is 17.9 Å². The molecule has 0 bridgehead atoms. The first-order chi connectivity index (χ1) is 11.1. The largest absolute Gasteiger partial charge is 0.463 e. The van der Waals surface area contributed by atoms with Gasteiger partial charge in [-0.25, -0.2) is 0 Å². The first kappa shape index (κ1) is 19.8. The van der Waals surface area contributed by atoms with Crippen molar-refractivity contribution >= 4 is 23.8 Å². The smallest absolute Gasteiger partial charge is 0.303 e. The molecule has 0 saturated carbocycles. The second-order valence-electron chi connectivity index (χ2n) is 5.32. The summed E-state index contributed by atoms with van der Waals surface area (Å²) in [6, 6.07) is -0.940. The Labute approximate surface area is 138 Å². The summed E-state index contributed by atoms with van der Waals surface area (Å²) < 4.78 is 20.7. The molecule has 0 spiro atoms. The molecule has 1 aliphatic heterocycles. The molecule has 10 heteroatoms. The number of hydrogen-bond donors (Lipinski definition) is 2. The fourth-order valence-electron chi connectivity index (χ4n) is 2.37. The van der Waals surface area contributed by atoms with E-state index in [4.69, 9.17) is 24.7 Å². The Hall–Kier alpha value is -2.20. The summed E-state index contributed by atoms with van der Waals surface area (Å²) in [5, 5.41) is 2.51. The van der Waals surface area contributed by atoms with Gasteiger partial charge in [-0.15, -0.1) is 0 Å². The number of esters is 3. The molecule has 0 aliphatic carbocycles. The first-order valence-electron chi connectivity index (χ1n) is 7.27. The van der Waals surface area contributed by atoms with Gasteiger partial charge in [-0.3, -0.25) is 19.2 Å². The summed E-state index contributed by atoms with van der Waals surface area (Å²) in [5.41, 5.74) is 5.87. The SMILES string of the molecule is CC(=O)N[C@@H]1C(N)O[C@H](COC(C)=O)[C@H](OC(C)=O)[C@@H]1OC(C)=O. The number of hydrogen-bond acceptors (Lipinski definition) is 9. The summed E-state index contributed by atoms with van der Waals surface area (Å²) in [6.07, 6.45) is -4.23. The van der Waals surface area contributed by atoms with Crippen LogP contribution in [0, 0.1) is 0 Å². The fraction of sp³-hybridized carbons (Fsp3) is 0.714. The number of carbonyl (C=O) groups excluding carboxylic acids is 4. The van der Waals surface area contributed by atoms with Crippen LogP contribution in [0.2, 0.25) is 0 Å². The zero-order valence-electron chi connectivity index (χ0n) is 13.9. The van der Waals surface area contributed by atoms with E-state index in [0.29, 0.717) is 0 Å². The molecule has 1 saturated heterocycles. The van der Waals surface area contributed by atoms with Gasteiger partial charge in [0.15, 0.2) is 12.2 Å². The summed E-state index contributed by atoms with van der Waals surface area (Å²) in [4.78, 5) is 45.2. The Morgan fingerprint density at radius 2 is 1.50 bits per heavy atom. The third kappa shape index (κ3) is 5.78. The lowest BCUT2D eigenvalue weighted by atomic mass is 9.95. The van der Waals surface area contributed by atoms with Crippen molar-refractivity contribution in [3.05, 3.63) is 0 Å². The van der Waals surface area contributed by atoms with Crippen molar-refractivity contribution < 1.29 is 38.1 Å². The average molecular weight is 346 g/mol. The number of ether oxygens (including phenoxy) is 4. The Morgan fingerprint density at radius 3 is 1.96 bits per heavy atom. The Bertz CT molecular complexity index is 509. The van der Waals surface area contributed by atoms with Crippen LogP contribution in [-0.2, 0) is 38.1 Å². The lowest BCUT2D eigenvalue weighted by molar-refractivity contribution is -0.222. The lowest BCUT2D eigenvalue weighted by Gasteiger charge is -2.44. The van der Waals surface area contributed by atoms with Crippen LogP contribution < -0.4 is 11.1 Å². The van der Waals surface area contributed by atoms with E-state index in [-0.39, 0.29) is 6.61 Å². The van der Waals surface area contributed by atoms with E-state index < -0.39 is 54.4 Å². The van der Waals surface area contributed by atoms with Crippen molar-refractivity contribution in [2.24, 2.45) is 5.73 Å².